The second-order valence-corrected chi connectivity index (χ2v) is 3.56. The van der Waals surface area contributed by atoms with Gasteiger partial charge in [0.05, 0.1) is 6.20 Å². The lowest BCUT2D eigenvalue weighted by Gasteiger charge is -2.40. The Balaban J connectivity index is 1.90. The van der Waals surface area contributed by atoms with E-state index in [0.29, 0.717) is 0 Å². The molecule has 1 saturated heterocycles. The third-order valence-corrected chi connectivity index (χ3v) is 2.55. The molecule has 2 heterocycles. The number of aryl methyl sites for hydroxylation is 1. The molecule has 2 N–H and O–H groups in total. The van der Waals surface area contributed by atoms with Crippen molar-refractivity contribution in [2.45, 2.75) is 6.42 Å². The number of hydrogen-bond acceptors (Lipinski definition) is 4. The van der Waals surface area contributed by atoms with E-state index >= 15 is 0 Å². The van der Waals surface area contributed by atoms with Crippen molar-refractivity contribution in [2.24, 2.45) is 18.7 Å². The zero-order valence-electron chi connectivity index (χ0n) is 7.85. The van der Waals surface area contributed by atoms with Crippen molar-refractivity contribution in [1.82, 2.24) is 15.0 Å². The van der Waals surface area contributed by atoms with Crippen LogP contribution in [0.15, 0.2) is 6.20 Å². The molecular formula is C8H15N5. The molecule has 2 rings (SSSR count). The second-order valence-electron chi connectivity index (χ2n) is 3.56. The Bertz CT molecular complexity index is 276. The first-order valence-electron chi connectivity index (χ1n) is 4.61. The van der Waals surface area contributed by atoms with Gasteiger partial charge in [-0.1, -0.05) is 5.21 Å². The average Bonchev–Trinajstić information content (AvgIpc) is 2.43. The van der Waals surface area contributed by atoms with Crippen molar-refractivity contribution >= 4 is 5.82 Å². The maximum Gasteiger partial charge on any atom is 0.147 e. The van der Waals surface area contributed by atoms with Crippen molar-refractivity contribution < 1.29 is 0 Å². The predicted octanol–water partition coefficient (Wildman–Crippen LogP) is -0.400. The third-order valence-electron chi connectivity index (χ3n) is 2.55. The van der Waals surface area contributed by atoms with Crippen LogP contribution < -0.4 is 10.6 Å². The first-order chi connectivity index (χ1) is 6.31. The number of rotatable bonds is 3. The maximum atomic E-state index is 5.48. The van der Waals surface area contributed by atoms with E-state index in [9.17, 15) is 0 Å². The van der Waals surface area contributed by atoms with Gasteiger partial charge in [0.25, 0.3) is 0 Å². The molecule has 0 aromatic carbocycles. The van der Waals surface area contributed by atoms with Gasteiger partial charge in [0.1, 0.15) is 5.82 Å². The minimum Gasteiger partial charge on any atom is -0.355 e. The molecule has 5 nitrogen and oxygen atoms in total. The first-order valence-corrected chi connectivity index (χ1v) is 4.61. The van der Waals surface area contributed by atoms with Crippen LogP contribution in [0, 0.1) is 5.92 Å². The molecule has 1 aliphatic heterocycles. The topological polar surface area (TPSA) is 60.0 Å². The standard InChI is InChI=1S/C8H15N5/c1-12-8(4-10-11-12)13-5-7(6-13)2-3-9/h4,7H,2-3,5-6,9H2,1H3. The Labute approximate surface area is 77.5 Å². The van der Waals surface area contributed by atoms with E-state index in [2.05, 4.69) is 15.2 Å². The van der Waals surface area contributed by atoms with Crippen LogP contribution in [0.2, 0.25) is 0 Å². The SMILES string of the molecule is Cn1nncc1N1CC(CCN)C1. The van der Waals surface area contributed by atoms with E-state index in [1.165, 1.54) is 0 Å². The van der Waals surface area contributed by atoms with Crippen LogP contribution >= 0.6 is 0 Å². The van der Waals surface area contributed by atoms with Crippen molar-refractivity contribution in [2.75, 3.05) is 24.5 Å². The molecule has 0 aliphatic carbocycles. The maximum absolute atomic E-state index is 5.48. The van der Waals surface area contributed by atoms with Crippen LogP contribution in [0.1, 0.15) is 6.42 Å². The van der Waals surface area contributed by atoms with E-state index in [1.54, 1.807) is 10.9 Å². The fraction of sp³-hybridized carbons (Fsp3) is 0.750. The summed E-state index contributed by atoms with van der Waals surface area (Å²) in [6, 6.07) is 0. The van der Waals surface area contributed by atoms with Crippen LogP contribution in [0.5, 0.6) is 0 Å². The number of hydrogen-bond donors (Lipinski definition) is 1. The summed E-state index contributed by atoms with van der Waals surface area (Å²) in [5, 5.41) is 7.73. The normalized spacial score (nSPS) is 17.5. The van der Waals surface area contributed by atoms with E-state index < -0.39 is 0 Å². The Morgan fingerprint density at radius 3 is 2.92 bits per heavy atom. The van der Waals surface area contributed by atoms with E-state index in [1.807, 2.05) is 7.05 Å². The zero-order valence-corrected chi connectivity index (χ0v) is 7.85. The summed E-state index contributed by atoms with van der Waals surface area (Å²) in [7, 11) is 1.92. The first kappa shape index (κ1) is 8.50. The van der Waals surface area contributed by atoms with Crippen LogP contribution in [0.25, 0.3) is 0 Å². The molecule has 5 heteroatoms. The fourth-order valence-electron chi connectivity index (χ4n) is 1.75. The molecular weight excluding hydrogens is 166 g/mol. The van der Waals surface area contributed by atoms with Crippen LogP contribution in [-0.2, 0) is 7.05 Å². The van der Waals surface area contributed by atoms with Gasteiger partial charge in [0.15, 0.2) is 0 Å². The molecule has 13 heavy (non-hydrogen) atoms. The minimum atomic E-state index is 0.764. The summed E-state index contributed by atoms with van der Waals surface area (Å²) < 4.78 is 1.80. The van der Waals surface area contributed by atoms with Gasteiger partial charge >= 0.3 is 0 Å². The lowest BCUT2D eigenvalue weighted by Crippen LogP contribution is -2.48. The van der Waals surface area contributed by atoms with Gasteiger partial charge < -0.3 is 10.6 Å². The van der Waals surface area contributed by atoms with Crippen molar-refractivity contribution in [1.29, 1.82) is 0 Å². The summed E-state index contributed by atoms with van der Waals surface area (Å²) in [5.74, 6) is 1.87. The molecule has 1 aromatic heterocycles. The van der Waals surface area contributed by atoms with Gasteiger partial charge in [0.2, 0.25) is 0 Å². The lowest BCUT2D eigenvalue weighted by molar-refractivity contribution is 0.382. The van der Waals surface area contributed by atoms with E-state index in [-0.39, 0.29) is 0 Å². The number of aromatic nitrogens is 3. The summed E-state index contributed by atoms with van der Waals surface area (Å²) in [5.41, 5.74) is 5.48. The van der Waals surface area contributed by atoms with Crippen LogP contribution in [0.4, 0.5) is 5.82 Å². The number of anilines is 1. The Morgan fingerprint density at radius 2 is 2.38 bits per heavy atom. The molecule has 0 bridgehead atoms. The van der Waals surface area contributed by atoms with Crippen molar-refractivity contribution in [3.05, 3.63) is 6.20 Å². The van der Waals surface area contributed by atoms with Gasteiger partial charge in [-0.3, -0.25) is 0 Å². The molecule has 0 saturated carbocycles. The van der Waals surface area contributed by atoms with Crippen LogP contribution in [0.3, 0.4) is 0 Å². The quantitative estimate of drug-likeness (QED) is 0.689. The predicted molar refractivity (Wildman–Crippen MR) is 50.4 cm³/mol. The average molecular weight is 181 g/mol. The Morgan fingerprint density at radius 1 is 1.62 bits per heavy atom. The molecule has 1 fully saturated rings. The smallest absolute Gasteiger partial charge is 0.147 e. The Hall–Kier alpha value is -1.10. The summed E-state index contributed by atoms with van der Waals surface area (Å²) >= 11 is 0. The molecule has 0 amide bonds. The Kier molecular flexibility index (Phi) is 2.18. The molecule has 72 valence electrons. The summed E-state index contributed by atoms with van der Waals surface area (Å²) in [6.07, 6.45) is 2.93. The molecule has 0 atom stereocenters. The zero-order chi connectivity index (χ0) is 9.26. The molecule has 0 radical (unpaired) electrons. The highest BCUT2D eigenvalue weighted by Crippen LogP contribution is 2.24. The summed E-state index contributed by atoms with van der Waals surface area (Å²) in [6.45, 7) is 2.99. The number of nitrogens with two attached hydrogens (primary N) is 1. The summed E-state index contributed by atoms with van der Waals surface area (Å²) in [4.78, 5) is 2.28. The highest BCUT2D eigenvalue weighted by molar-refractivity contribution is 5.39. The van der Waals surface area contributed by atoms with Gasteiger partial charge in [-0.25, -0.2) is 4.68 Å². The van der Waals surface area contributed by atoms with E-state index in [0.717, 1.165) is 37.8 Å². The minimum absolute atomic E-state index is 0.764. The monoisotopic (exact) mass is 181 g/mol. The van der Waals surface area contributed by atoms with Gasteiger partial charge in [0, 0.05) is 20.1 Å². The highest BCUT2D eigenvalue weighted by atomic mass is 15.5. The third kappa shape index (κ3) is 1.51. The van der Waals surface area contributed by atoms with Crippen molar-refractivity contribution in [3.8, 4) is 0 Å². The number of nitrogens with zero attached hydrogens (tertiary/aromatic N) is 4. The van der Waals surface area contributed by atoms with Gasteiger partial charge in [-0.15, -0.1) is 5.10 Å². The van der Waals surface area contributed by atoms with Gasteiger partial charge in [-0.2, -0.15) is 0 Å². The van der Waals surface area contributed by atoms with Gasteiger partial charge in [-0.05, 0) is 18.9 Å². The second kappa shape index (κ2) is 3.33. The molecule has 1 aromatic rings. The largest absolute Gasteiger partial charge is 0.355 e. The fourth-order valence-corrected chi connectivity index (χ4v) is 1.75. The van der Waals surface area contributed by atoms with E-state index in [4.69, 9.17) is 5.73 Å². The highest BCUT2D eigenvalue weighted by Gasteiger charge is 2.27. The molecule has 0 spiro atoms. The van der Waals surface area contributed by atoms with Crippen molar-refractivity contribution in [3.63, 3.8) is 0 Å². The molecule has 0 unspecified atom stereocenters. The lowest BCUT2D eigenvalue weighted by atomic mass is 9.97. The van der Waals surface area contributed by atoms with Crippen LogP contribution in [-0.4, -0.2) is 34.6 Å². The molecule has 1 aliphatic rings.